The molecule has 456 valence electrons. The van der Waals surface area contributed by atoms with Crippen LogP contribution in [0.5, 0.6) is 0 Å². The fourth-order valence-electron chi connectivity index (χ4n) is 13.3. The number of carbonyl (C=O) groups excluding carboxylic acids is 8. The van der Waals surface area contributed by atoms with Crippen molar-refractivity contribution in [1.82, 2.24) is 44.7 Å². The van der Waals surface area contributed by atoms with Gasteiger partial charge in [0.05, 0.1) is 40.7 Å². The van der Waals surface area contributed by atoms with E-state index >= 15 is 0 Å². The summed E-state index contributed by atoms with van der Waals surface area (Å²) in [5.41, 5.74) is 23.4. The number of carbonyl (C=O) groups is 8. The van der Waals surface area contributed by atoms with Crippen LogP contribution in [0.2, 0.25) is 0 Å². The van der Waals surface area contributed by atoms with E-state index in [1.54, 1.807) is 11.1 Å². The fraction of sp³-hybridized carbons (Fsp3) is 0.362. The van der Waals surface area contributed by atoms with Crippen LogP contribution in [0.25, 0.3) is 49.8 Å². The molecule has 3 saturated heterocycles. The highest BCUT2D eigenvalue weighted by atomic mass is 16.2. The van der Waals surface area contributed by atoms with Gasteiger partial charge in [0.1, 0.15) is 18.4 Å². The number of benzene rings is 4. The van der Waals surface area contributed by atoms with E-state index in [1.807, 2.05) is 87.4 Å². The van der Waals surface area contributed by atoms with Crippen LogP contribution in [0.3, 0.4) is 0 Å². The van der Waals surface area contributed by atoms with Gasteiger partial charge in [-0.25, -0.2) is 9.97 Å². The van der Waals surface area contributed by atoms with E-state index in [1.165, 1.54) is 11.1 Å². The van der Waals surface area contributed by atoms with Crippen LogP contribution in [-0.2, 0) is 54.7 Å². The second-order valence-corrected chi connectivity index (χ2v) is 24.0. The lowest BCUT2D eigenvalue weighted by Crippen LogP contribution is -2.52. The molecule has 8 heterocycles. The summed E-state index contributed by atoms with van der Waals surface area (Å²) in [5, 5.41) is 9.12. The number of pyridine rings is 2. The van der Waals surface area contributed by atoms with Gasteiger partial charge in [-0.3, -0.25) is 48.6 Å². The maximum Gasteiger partial charge on any atom is 0.255 e. The van der Waals surface area contributed by atoms with E-state index in [4.69, 9.17) is 31.5 Å². The predicted octanol–water partition coefficient (Wildman–Crippen LogP) is 7.82. The molecule has 0 saturated carbocycles. The van der Waals surface area contributed by atoms with Gasteiger partial charge in [0, 0.05) is 122 Å². The molecule has 0 aliphatic carbocycles. The highest BCUT2D eigenvalue weighted by molar-refractivity contribution is 6.11. The molecule has 20 heteroatoms. The van der Waals surface area contributed by atoms with Gasteiger partial charge < -0.3 is 35.9 Å². The van der Waals surface area contributed by atoms with Crippen molar-refractivity contribution in [3.8, 4) is 22.4 Å². The van der Waals surface area contributed by atoms with Crippen LogP contribution in [0.15, 0.2) is 121 Å². The third-order valence-electron chi connectivity index (χ3n) is 18.4. The molecule has 2 unspecified atom stereocenters. The quantitative estimate of drug-likeness (QED) is 0.0269. The van der Waals surface area contributed by atoms with Crippen LogP contribution >= 0.6 is 0 Å². The van der Waals surface area contributed by atoms with E-state index in [9.17, 15) is 38.4 Å². The summed E-state index contributed by atoms with van der Waals surface area (Å²) in [6.45, 7) is 3.13. The summed E-state index contributed by atoms with van der Waals surface area (Å²) >= 11 is 0. The topological polar surface area (TPSA) is 270 Å². The van der Waals surface area contributed by atoms with Crippen molar-refractivity contribution in [3.05, 3.63) is 155 Å². The minimum Gasteiger partial charge on any atom is -0.404 e. The molecule has 2 atom stereocenters. The Labute approximate surface area is 515 Å². The van der Waals surface area contributed by atoms with Crippen molar-refractivity contribution in [2.45, 2.75) is 134 Å². The Hall–Kier alpha value is -9.72. The van der Waals surface area contributed by atoms with Crippen molar-refractivity contribution in [1.29, 1.82) is 0 Å². The molecule has 0 bridgehead atoms. The van der Waals surface area contributed by atoms with Crippen molar-refractivity contribution in [2.24, 2.45) is 16.5 Å². The maximum atomic E-state index is 13.4. The number of hydrogen-bond acceptors (Lipinski definition) is 13. The highest BCUT2D eigenvalue weighted by Gasteiger charge is 2.40. The number of primary amides is 1. The zero-order chi connectivity index (χ0) is 61.7. The molecule has 20 nitrogen and oxygen atoms in total. The number of piperidine rings is 3. The van der Waals surface area contributed by atoms with Gasteiger partial charge in [0.25, 0.3) is 11.8 Å². The summed E-state index contributed by atoms with van der Waals surface area (Å²) < 4.78 is 2.01. The molecular weight excluding hydrogens is 1120 g/mol. The van der Waals surface area contributed by atoms with E-state index in [0.29, 0.717) is 87.2 Å². The smallest absolute Gasteiger partial charge is 0.255 e. The number of imide groups is 1. The molecule has 7 amide bonds. The van der Waals surface area contributed by atoms with Crippen LogP contribution in [0.1, 0.15) is 138 Å². The molecule has 5 aliphatic rings. The van der Waals surface area contributed by atoms with Gasteiger partial charge in [0.2, 0.25) is 29.5 Å². The highest BCUT2D eigenvalue weighted by Crippen LogP contribution is 2.36. The molecular formula is C69H72N12O8. The number of amides is 7. The molecule has 5 aliphatic heterocycles. The Morgan fingerprint density at radius 1 is 0.719 bits per heavy atom. The van der Waals surface area contributed by atoms with Crippen LogP contribution in [0, 0.1) is 0 Å². The Kier molecular flexibility index (Phi) is 17.6. The number of para-hydroxylation sites is 1. The molecule has 4 aromatic carbocycles. The lowest BCUT2D eigenvalue weighted by Gasteiger charge is -2.32. The average molecular weight is 1200 g/mol. The van der Waals surface area contributed by atoms with Gasteiger partial charge in [-0.2, -0.15) is 5.10 Å². The first-order valence-corrected chi connectivity index (χ1v) is 31.1. The van der Waals surface area contributed by atoms with Crippen molar-refractivity contribution in [3.63, 3.8) is 0 Å². The number of aldehydes is 1. The summed E-state index contributed by atoms with van der Waals surface area (Å²) in [4.78, 5) is 123. The van der Waals surface area contributed by atoms with Crippen LogP contribution < -0.4 is 16.8 Å². The van der Waals surface area contributed by atoms with Crippen LogP contribution in [0.4, 0.5) is 0 Å². The second-order valence-electron chi connectivity index (χ2n) is 24.0. The summed E-state index contributed by atoms with van der Waals surface area (Å²) in [6.07, 6.45) is 16.2. The summed E-state index contributed by atoms with van der Waals surface area (Å²) in [5.74, 6) is -1.57. The zero-order valence-corrected chi connectivity index (χ0v) is 49.7. The van der Waals surface area contributed by atoms with Gasteiger partial charge in [-0.05, 0) is 129 Å². The SMILES string of the molecule is NC=C(C=NC1CCN(C(=O)CCCc2ccc3c(c2)C(=O)N(C2CCC(=O)NC2=O)C3)CC1)c1ccc2c(-c3cccc4ccc(-c5cnn(C6CCN(C(=O)CCCCc7ccc8c(c7)C(=O)N(C(CCC=O)C(N)=O)C8)CC6)c5)nc34)cccc2n1. The van der Waals surface area contributed by atoms with Gasteiger partial charge in [0.15, 0.2) is 0 Å². The standard InChI is InChI=1S/C69H72N12O8/c70-37-48(38-72-50-26-30-77(31-27-50)64(85)15-3-8-44-17-19-47-41-80(69(89)56(47)36-44)61-24-25-62(83)76-67(61)87)57-23-21-53-52(10-5-12-59(53)74-57)54-11-4-9-45-20-22-58(75-65(45)54)49-39-73-81(42-49)51-28-32-78(33-29-51)63(84)14-2-1-7-43-16-18-46-40-79(68(88)55(46)35-43)60(66(71)86)13-6-34-82/h4-5,9-12,16-23,34-39,42,50-51,60-61H,1-3,6-8,13-15,24-33,40-41,70H2,(H2,71,86)(H,76,83,87). The van der Waals surface area contributed by atoms with Crippen LogP contribution in [-0.4, -0.2) is 138 Å². The number of nitrogens with one attached hydrogen (secondary N) is 1. The van der Waals surface area contributed by atoms with E-state index in [2.05, 4.69) is 41.8 Å². The Morgan fingerprint density at radius 2 is 1.42 bits per heavy atom. The third-order valence-corrected chi connectivity index (χ3v) is 18.4. The number of rotatable bonds is 21. The number of aliphatic imine (C=N–C) groups is 1. The lowest BCUT2D eigenvalue weighted by molar-refractivity contribution is -0.137. The molecule has 89 heavy (non-hydrogen) atoms. The van der Waals surface area contributed by atoms with Crippen molar-refractivity contribution >= 4 is 81.2 Å². The number of nitrogens with zero attached hydrogens (tertiary/aromatic N) is 9. The molecule has 7 aromatic rings. The van der Waals surface area contributed by atoms with E-state index in [0.717, 1.165) is 118 Å². The summed E-state index contributed by atoms with van der Waals surface area (Å²) in [6, 6.07) is 30.7. The first kappa shape index (κ1) is 59.6. The Morgan fingerprint density at radius 3 is 2.15 bits per heavy atom. The molecule has 0 radical (unpaired) electrons. The number of nitrogens with two attached hydrogens (primary N) is 2. The third kappa shape index (κ3) is 12.8. The van der Waals surface area contributed by atoms with Crippen molar-refractivity contribution < 1.29 is 38.4 Å². The number of fused-ring (bicyclic) bond motifs is 4. The van der Waals surface area contributed by atoms with Crippen molar-refractivity contribution in [2.75, 3.05) is 26.2 Å². The average Bonchev–Trinajstić information content (AvgIpc) is 2.85. The number of aryl methyl sites for hydroxylation is 2. The minimum atomic E-state index is -0.826. The first-order valence-electron chi connectivity index (χ1n) is 31.1. The van der Waals surface area contributed by atoms with Gasteiger partial charge in [-0.1, -0.05) is 66.7 Å². The molecule has 3 aromatic heterocycles. The number of likely N-dealkylation sites (tertiary alicyclic amines) is 2. The Balaban J connectivity index is 0.609. The van der Waals surface area contributed by atoms with Gasteiger partial charge >= 0.3 is 0 Å². The zero-order valence-electron chi connectivity index (χ0n) is 49.7. The lowest BCUT2D eigenvalue weighted by atomic mass is 9.97. The number of allylic oxidation sites excluding steroid dienone is 1. The number of aromatic nitrogens is 4. The molecule has 12 rings (SSSR count). The first-order chi connectivity index (χ1) is 43.3. The fourth-order valence-corrected chi connectivity index (χ4v) is 13.3. The number of hydrogen-bond donors (Lipinski definition) is 3. The van der Waals surface area contributed by atoms with E-state index < -0.39 is 23.9 Å². The molecule has 3 fully saturated rings. The summed E-state index contributed by atoms with van der Waals surface area (Å²) in [7, 11) is 0. The molecule has 5 N–H and O–H groups in total. The Bertz CT molecular complexity index is 4010. The normalized spacial score (nSPS) is 17.9. The van der Waals surface area contributed by atoms with Gasteiger partial charge in [-0.15, -0.1) is 0 Å². The monoisotopic (exact) mass is 1200 g/mol. The van der Waals surface area contributed by atoms with E-state index in [-0.39, 0.29) is 67.4 Å². The maximum absolute atomic E-state index is 13.4. The predicted molar refractivity (Wildman–Crippen MR) is 336 cm³/mol. The largest absolute Gasteiger partial charge is 0.404 e. The number of unbranched alkanes of at least 4 members (excludes halogenated alkanes) is 1. The minimum absolute atomic E-state index is 0.0249. The second kappa shape index (κ2) is 26.3. The molecule has 0 spiro atoms.